The maximum absolute atomic E-state index is 12.0. The first kappa shape index (κ1) is 18.2. The maximum atomic E-state index is 12.0. The molecule has 130 valence electrons. The van der Waals surface area contributed by atoms with Gasteiger partial charge < -0.3 is 5.32 Å². The topological polar surface area (TPSA) is 129 Å². The molecule has 0 fully saturated rings. The van der Waals surface area contributed by atoms with Gasteiger partial charge in [-0.2, -0.15) is 12.8 Å². The molecule has 0 spiro atoms. The minimum atomic E-state index is -3.79. The van der Waals surface area contributed by atoms with Crippen molar-refractivity contribution in [3.63, 3.8) is 0 Å². The second-order valence-electron chi connectivity index (χ2n) is 5.29. The number of allylic oxidation sites excluding steroid dienone is 1. The van der Waals surface area contributed by atoms with Crippen molar-refractivity contribution in [2.24, 2.45) is 11.5 Å². The third kappa shape index (κ3) is 5.18. The van der Waals surface area contributed by atoms with E-state index in [1.54, 1.807) is 24.3 Å². The average molecular weight is 359 g/mol. The summed E-state index contributed by atoms with van der Waals surface area (Å²) >= 11 is 0. The average Bonchev–Trinajstić information content (AvgIpc) is 2.54. The number of guanidine groups is 1. The molecule has 0 atom stereocenters. The van der Waals surface area contributed by atoms with Gasteiger partial charge in [0, 0.05) is 23.5 Å². The number of carbonyl (C=O) groups is 1. The van der Waals surface area contributed by atoms with E-state index in [4.69, 9.17) is 11.5 Å². The smallest absolute Gasteiger partial charge is 0.353 e. The van der Waals surface area contributed by atoms with Gasteiger partial charge in [-0.1, -0.05) is 29.8 Å². The second-order valence-corrected chi connectivity index (χ2v) is 6.98. The number of sulfonamides is 1. The van der Waals surface area contributed by atoms with Crippen molar-refractivity contribution >= 4 is 27.5 Å². The molecule has 0 heterocycles. The van der Waals surface area contributed by atoms with Crippen LogP contribution in [0.25, 0.3) is 0 Å². The standard InChI is InChI=1S/C17H18N4O3S/c1-12-2-4-13(5-3-12)16(22)10-11-20-14-6-8-15(9-7-14)25(23,24)21-17(18)19/h2-11,20H,1H3,(H4,18,19,21)/p+1/b11-10+. The van der Waals surface area contributed by atoms with Crippen LogP contribution in [0.1, 0.15) is 15.9 Å². The molecular formula is C17H19N4O3S+. The maximum Gasteiger partial charge on any atom is 0.353 e. The lowest BCUT2D eigenvalue weighted by Crippen LogP contribution is -2.80. The molecule has 0 radical (unpaired) electrons. The summed E-state index contributed by atoms with van der Waals surface area (Å²) in [5, 5.41) is 2.90. The summed E-state index contributed by atoms with van der Waals surface area (Å²) in [7, 11) is -3.79. The third-order valence-corrected chi connectivity index (χ3v) is 4.63. The summed E-state index contributed by atoms with van der Waals surface area (Å²) in [6, 6.07) is 13.2. The number of aryl methyl sites for hydroxylation is 1. The van der Waals surface area contributed by atoms with Gasteiger partial charge in [-0.05, 0) is 31.2 Å². The minimum absolute atomic E-state index is 0.0196. The Morgan fingerprint density at radius 3 is 2.20 bits per heavy atom. The van der Waals surface area contributed by atoms with Gasteiger partial charge in [0.05, 0.1) is 0 Å². The number of rotatable bonds is 6. The molecule has 2 rings (SSSR count). The number of carbonyl (C=O) groups excluding carboxylic acids is 1. The molecule has 0 aromatic heterocycles. The van der Waals surface area contributed by atoms with Crippen LogP contribution >= 0.6 is 0 Å². The van der Waals surface area contributed by atoms with E-state index in [9.17, 15) is 13.2 Å². The van der Waals surface area contributed by atoms with Crippen LogP contribution in [0.15, 0.2) is 65.7 Å². The molecule has 0 amide bonds. The Morgan fingerprint density at radius 1 is 1.04 bits per heavy atom. The Hall–Kier alpha value is -3.13. The van der Waals surface area contributed by atoms with Crippen molar-refractivity contribution in [3.05, 3.63) is 71.9 Å². The summed E-state index contributed by atoms with van der Waals surface area (Å²) in [6.45, 7) is 1.95. The van der Waals surface area contributed by atoms with E-state index >= 15 is 0 Å². The van der Waals surface area contributed by atoms with Gasteiger partial charge in [-0.25, -0.2) is 0 Å². The van der Waals surface area contributed by atoms with Crippen LogP contribution in [0.5, 0.6) is 0 Å². The fourth-order valence-electron chi connectivity index (χ4n) is 1.97. The highest BCUT2D eigenvalue weighted by Crippen LogP contribution is 2.12. The third-order valence-electron chi connectivity index (χ3n) is 3.24. The first-order valence-corrected chi connectivity index (χ1v) is 8.81. The number of benzene rings is 2. The zero-order chi connectivity index (χ0) is 18.4. The van der Waals surface area contributed by atoms with Crippen LogP contribution < -0.4 is 21.2 Å². The monoisotopic (exact) mass is 359 g/mol. The lowest BCUT2D eigenvalue weighted by molar-refractivity contribution is -0.270. The van der Waals surface area contributed by atoms with Crippen LogP contribution in [0.2, 0.25) is 0 Å². The quantitative estimate of drug-likeness (QED) is 0.246. The van der Waals surface area contributed by atoms with Gasteiger partial charge >= 0.3 is 16.0 Å². The highest BCUT2D eigenvalue weighted by atomic mass is 32.2. The highest BCUT2D eigenvalue weighted by Gasteiger charge is 2.14. The van der Waals surface area contributed by atoms with Crippen LogP contribution in [-0.2, 0) is 10.0 Å². The molecule has 25 heavy (non-hydrogen) atoms. The van der Waals surface area contributed by atoms with E-state index in [1.165, 1.54) is 24.4 Å². The predicted molar refractivity (Wildman–Crippen MR) is 96.2 cm³/mol. The molecule has 0 saturated carbocycles. The first-order valence-electron chi connectivity index (χ1n) is 7.33. The van der Waals surface area contributed by atoms with Crippen LogP contribution in [0.3, 0.4) is 0 Å². The van der Waals surface area contributed by atoms with Crippen molar-refractivity contribution in [1.29, 1.82) is 0 Å². The fourth-order valence-corrected chi connectivity index (χ4v) is 2.89. The first-order chi connectivity index (χ1) is 11.8. The van der Waals surface area contributed by atoms with E-state index < -0.39 is 16.0 Å². The Kier molecular flexibility index (Phi) is 5.56. The van der Waals surface area contributed by atoms with Crippen LogP contribution in [-0.4, -0.2) is 20.2 Å². The largest absolute Gasteiger partial charge is 0.362 e. The normalized spacial score (nSPS) is 11.2. The van der Waals surface area contributed by atoms with Gasteiger partial charge in [0.1, 0.15) is 4.90 Å². The van der Waals surface area contributed by atoms with Crippen molar-refractivity contribution in [2.75, 3.05) is 5.32 Å². The lowest BCUT2D eigenvalue weighted by Gasteiger charge is -2.02. The Labute approximate surface area is 146 Å². The summed E-state index contributed by atoms with van der Waals surface area (Å²) < 4.78 is 25.7. The minimum Gasteiger partial charge on any atom is -0.362 e. The van der Waals surface area contributed by atoms with Gasteiger partial charge in [0.15, 0.2) is 5.78 Å². The van der Waals surface area contributed by atoms with Crippen molar-refractivity contribution in [2.45, 2.75) is 11.8 Å². The van der Waals surface area contributed by atoms with Crippen molar-refractivity contribution in [1.82, 2.24) is 0 Å². The number of nitrogens with two attached hydrogens (primary N) is 2. The zero-order valence-corrected chi connectivity index (χ0v) is 14.4. The molecule has 6 N–H and O–H groups in total. The Balaban J connectivity index is 2.03. The Morgan fingerprint density at radius 2 is 1.64 bits per heavy atom. The Bertz CT molecular complexity index is 911. The van der Waals surface area contributed by atoms with Gasteiger partial charge in [-0.3, -0.25) is 16.3 Å². The summed E-state index contributed by atoms with van der Waals surface area (Å²) in [5.41, 5.74) is 12.6. The van der Waals surface area contributed by atoms with E-state index in [1.807, 2.05) is 23.5 Å². The van der Waals surface area contributed by atoms with Crippen LogP contribution in [0, 0.1) is 6.92 Å². The van der Waals surface area contributed by atoms with Crippen LogP contribution in [0.4, 0.5) is 5.69 Å². The molecule has 0 bridgehead atoms. The predicted octanol–water partition coefficient (Wildman–Crippen LogP) is -0.154. The van der Waals surface area contributed by atoms with Crippen molar-refractivity contribution < 1.29 is 17.6 Å². The van der Waals surface area contributed by atoms with Gasteiger partial charge in [0.25, 0.3) is 0 Å². The fraction of sp³-hybridized carbons (Fsp3) is 0.0588. The number of hydrogen-bond donors (Lipinski definition) is 4. The molecule has 8 heteroatoms. The van der Waals surface area contributed by atoms with E-state index in [0.717, 1.165) is 5.56 Å². The molecule has 0 unspecified atom stereocenters. The highest BCUT2D eigenvalue weighted by molar-refractivity contribution is 7.84. The number of nitrogens with one attached hydrogen (secondary N) is 2. The summed E-state index contributed by atoms with van der Waals surface area (Å²) in [4.78, 5) is 12.0. The lowest BCUT2D eigenvalue weighted by atomic mass is 10.1. The van der Waals surface area contributed by atoms with Gasteiger partial charge in [0.2, 0.25) is 0 Å². The SMILES string of the molecule is Cc1ccc(C(=O)/C=C/Nc2ccc(S(=O)(=O)[NH+]=C(N)N)cc2)cc1. The molecular weight excluding hydrogens is 340 g/mol. The molecule has 0 aliphatic rings. The van der Waals surface area contributed by atoms with Crippen molar-refractivity contribution in [3.8, 4) is 0 Å². The molecule has 7 nitrogen and oxygen atoms in total. The number of hydrogen-bond acceptors (Lipinski definition) is 4. The molecule has 2 aromatic rings. The number of anilines is 1. The zero-order valence-electron chi connectivity index (χ0n) is 13.6. The molecule has 0 aliphatic heterocycles. The number of ketones is 1. The second kappa shape index (κ2) is 7.63. The molecule has 0 saturated heterocycles. The van der Waals surface area contributed by atoms with E-state index in [-0.39, 0.29) is 10.7 Å². The molecule has 0 aliphatic carbocycles. The van der Waals surface area contributed by atoms with E-state index in [2.05, 4.69) is 5.32 Å². The summed E-state index contributed by atoms with van der Waals surface area (Å²) in [6.07, 6.45) is 2.90. The van der Waals surface area contributed by atoms with E-state index in [0.29, 0.717) is 11.3 Å². The molecule has 2 aromatic carbocycles. The summed E-state index contributed by atoms with van der Waals surface area (Å²) in [5.74, 6) is -0.537. The van der Waals surface area contributed by atoms with Gasteiger partial charge in [-0.15, -0.1) is 0 Å².